The number of amides is 1. The van der Waals surface area contributed by atoms with Gasteiger partial charge in [-0.15, -0.1) is 0 Å². The number of rotatable bonds is 1. The molecule has 0 spiro atoms. The van der Waals surface area contributed by atoms with Crippen LogP contribution in [-0.4, -0.2) is 42.3 Å². The molecule has 4 heteroatoms. The molecule has 0 bridgehead atoms. The lowest BCUT2D eigenvalue weighted by Gasteiger charge is -2.42. The molecule has 0 radical (unpaired) electrons. The molecule has 1 saturated carbocycles. The highest BCUT2D eigenvalue weighted by Crippen LogP contribution is 2.30. The summed E-state index contributed by atoms with van der Waals surface area (Å²) in [6.07, 6.45) is 6.34. The van der Waals surface area contributed by atoms with Gasteiger partial charge in [-0.05, 0) is 39.5 Å². The Morgan fingerprint density at radius 3 is 2.53 bits per heavy atom. The van der Waals surface area contributed by atoms with E-state index in [1.165, 1.54) is 32.1 Å². The van der Waals surface area contributed by atoms with Crippen molar-refractivity contribution in [3.8, 4) is 0 Å². The van der Waals surface area contributed by atoms with E-state index < -0.39 is 5.60 Å². The van der Waals surface area contributed by atoms with Gasteiger partial charge in [-0.2, -0.15) is 0 Å². The molecule has 0 unspecified atom stereocenters. The minimum absolute atomic E-state index is 0.135. The van der Waals surface area contributed by atoms with Crippen LogP contribution in [0.5, 0.6) is 0 Å². The number of carbonyl (C=O) groups is 1. The molecule has 1 atom stereocenters. The summed E-state index contributed by atoms with van der Waals surface area (Å²) in [5.74, 6) is 0.647. The first kappa shape index (κ1) is 14.6. The van der Waals surface area contributed by atoms with Crippen LogP contribution in [0.25, 0.3) is 0 Å². The predicted octanol–water partition coefficient (Wildman–Crippen LogP) is 2.78. The fourth-order valence-corrected chi connectivity index (χ4v) is 3.21. The quantitative estimate of drug-likeness (QED) is 0.795. The number of ether oxygens (including phenoxy) is 1. The van der Waals surface area contributed by atoms with Gasteiger partial charge < -0.3 is 15.0 Å². The van der Waals surface area contributed by atoms with Crippen molar-refractivity contribution in [2.45, 2.75) is 64.5 Å². The summed E-state index contributed by atoms with van der Waals surface area (Å²) in [5.41, 5.74) is -0.404. The Balaban J connectivity index is 2.00. The smallest absolute Gasteiger partial charge is 0.410 e. The third-order valence-corrected chi connectivity index (χ3v) is 4.11. The van der Waals surface area contributed by atoms with Crippen LogP contribution in [0.3, 0.4) is 0 Å². The molecular formula is C15H28N2O2. The van der Waals surface area contributed by atoms with Gasteiger partial charge in [0.2, 0.25) is 0 Å². The molecule has 1 N–H and O–H groups in total. The van der Waals surface area contributed by atoms with Gasteiger partial charge in [0.15, 0.2) is 0 Å². The van der Waals surface area contributed by atoms with Crippen LogP contribution >= 0.6 is 0 Å². The van der Waals surface area contributed by atoms with Gasteiger partial charge in [-0.1, -0.05) is 19.3 Å². The van der Waals surface area contributed by atoms with Crippen LogP contribution in [0.1, 0.15) is 52.9 Å². The molecule has 1 heterocycles. The molecule has 110 valence electrons. The Morgan fingerprint density at radius 2 is 1.89 bits per heavy atom. The van der Waals surface area contributed by atoms with E-state index in [9.17, 15) is 4.79 Å². The SMILES string of the molecule is CC(C)(C)OC(=O)N1CCNC[C@@H]1C1CCCCC1. The van der Waals surface area contributed by atoms with Crippen LogP contribution < -0.4 is 5.32 Å². The summed E-state index contributed by atoms with van der Waals surface area (Å²) >= 11 is 0. The van der Waals surface area contributed by atoms with Gasteiger partial charge in [0.1, 0.15) is 5.60 Å². The molecule has 2 aliphatic rings. The fraction of sp³-hybridized carbons (Fsp3) is 0.933. The van der Waals surface area contributed by atoms with E-state index >= 15 is 0 Å². The van der Waals surface area contributed by atoms with E-state index in [-0.39, 0.29) is 6.09 Å². The lowest BCUT2D eigenvalue weighted by atomic mass is 9.82. The maximum Gasteiger partial charge on any atom is 0.410 e. The second kappa shape index (κ2) is 6.12. The topological polar surface area (TPSA) is 41.6 Å². The van der Waals surface area contributed by atoms with Crippen molar-refractivity contribution >= 4 is 6.09 Å². The maximum atomic E-state index is 12.3. The van der Waals surface area contributed by atoms with Crippen molar-refractivity contribution in [1.29, 1.82) is 0 Å². The number of nitrogens with one attached hydrogen (secondary N) is 1. The number of carbonyl (C=O) groups excluding carboxylic acids is 1. The molecule has 0 aromatic rings. The zero-order valence-electron chi connectivity index (χ0n) is 12.6. The Hall–Kier alpha value is -0.770. The molecule has 0 aromatic carbocycles. The van der Waals surface area contributed by atoms with E-state index in [0.29, 0.717) is 12.0 Å². The first-order valence-electron chi connectivity index (χ1n) is 7.68. The summed E-state index contributed by atoms with van der Waals surface area (Å²) in [7, 11) is 0. The summed E-state index contributed by atoms with van der Waals surface area (Å²) in [6.45, 7) is 8.37. The standard InChI is InChI=1S/C15H28N2O2/c1-15(2,3)19-14(18)17-10-9-16-11-13(17)12-7-5-4-6-8-12/h12-13,16H,4-11H2,1-3H3/t13-/m1/s1. The molecule has 4 nitrogen and oxygen atoms in total. The van der Waals surface area contributed by atoms with Crippen molar-refractivity contribution in [3.63, 3.8) is 0 Å². The van der Waals surface area contributed by atoms with Gasteiger partial charge in [0.05, 0.1) is 6.04 Å². The molecule has 1 aliphatic carbocycles. The average molecular weight is 268 g/mol. The average Bonchev–Trinajstić information content (AvgIpc) is 2.38. The monoisotopic (exact) mass is 268 g/mol. The molecule has 2 rings (SSSR count). The molecular weight excluding hydrogens is 240 g/mol. The zero-order chi connectivity index (χ0) is 13.9. The number of hydrogen-bond donors (Lipinski definition) is 1. The Kier molecular flexibility index (Phi) is 4.71. The molecule has 1 aliphatic heterocycles. The third kappa shape index (κ3) is 4.10. The Labute approximate surface area is 116 Å². The summed E-state index contributed by atoms with van der Waals surface area (Å²) in [6, 6.07) is 0.323. The Bertz CT molecular complexity index is 306. The lowest BCUT2D eigenvalue weighted by Crippen LogP contribution is -2.57. The fourth-order valence-electron chi connectivity index (χ4n) is 3.21. The highest BCUT2D eigenvalue weighted by atomic mass is 16.6. The molecule has 0 aromatic heterocycles. The summed E-state index contributed by atoms with van der Waals surface area (Å²) in [5, 5.41) is 3.43. The van der Waals surface area contributed by atoms with E-state index in [4.69, 9.17) is 4.74 Å². The highest BCUT2D eigenvalue weighted by Gasteiger charge is 2.35. The van der Waals surface area contributed by atoms with E-state index in [2.05, 4.69) is 5.32 Å². The van der Waals surface area contributed by atoms with Crippen LogP contribution in [0.2, 0.25) is 0 Å². The van der Waals surface area contributed by atoms with Gasteiger partial charge in [0, 0.05) is 19.6 Å². The highest BCUT2D eigenvalue weighted by molar-refractivity contribution is 5.68. The zero-order valence-corrected chi connectivity index (χ0v) is 12.6. The second-order valence-corrected chi connectivity index (χ2v) is 6.84. The van der Waals surface area contributed by atoms with E-state index in [0.717, 1.165) is 19.6 Å². The maximum absolute atomic E-state index is 12.3. The third-order valence-electron chi connectivity index (χ3n) is 4.11. The number of nitrogens with zero attached hydrogens (tertiary/aromatic N) is 1. The minimum atomic E-state index is -0.404. The van der Waals surface area contributed by atoms with Crippen molar-refractivity contribution < 1.29 is 9.53 Å². The van der Waals surface area contributed by atoms with Crippen LogP contribution in [0.15, 0.2) is 0 Å². The molecule has 1 amide bonds. The largest absolute Gasteiger partial charge is 0.444 e. The van der Waals surface area contributed by atoms with Gasteiger partial charge in [0.25, 0.3) is 0 Å². The number of piperazine rings is 1. The molecule has 19 heavy (non-hydrogen) atoms. The van der Waals surface area contributed by atoms with Gasteiger partial charge in [-0.25, -0.2) is 4.79 Å². The normalized spacial score (nSPS) is 26.3. The van der Waals surface area contributed by atoms with Crippen LogP contribution in [0.4, 0.5) is 4.79 Å². The van der Waals surface area contributed by atoms with Crippen molar-refractivity contribution in [1.82, 2.24) is 10.2 Å². The summed E-state index contributed by atoms with van der Waals surface area (Å²) in [4.78, 5) is 14.3. The van der Waals surface area contributed by atoms with Crippen molar-refractivity contribution in [2.75, 3.05) is 19.6 Å². The molecule has 2 fully saturated rings. The Morgan fingerprint density at radius 1 is 1.21 bits per heavy atom. The van der Waals surface area contributed by atoms with E-state index in [1.807, 2.05) is 25.7 Å². The van der Waals surface area contributed by atoms with Gasteiger partial charge >= 0.3 is 6.09 Å². The summed E-state index contributed by atoms with van der Waals surface area (Å²) < 4.78 is 5.56. The first-order chi connectivity index (χ1) is 8.97. The number of hydrogen-bond acceptors (Lipinski definition) is 3. The second-order valence-electron chi connectivity index (χ2n) is 6.84. The van der Waals surface area contributed by atoms with Crippen LogP contribution in [-0.2, 0) is 4.74 Å². The minimum Gasteiger partial charge on any atom is -0.444 e. The molecule has 1 saturated heterocycles. The predicted molar refractivity (Wildman–Crippen MR) is 76.2 cm³/mol. The van der Waals surface area contributed by atoms with Crippen molar-refractivity contribution in [2.24, 2.45) is 5.92 Å². The van der Waals surface area contributed by atoms with Crippen LogP contribution in [0, 0.1) is 5.92 Å². The first-order valence-corrected chi connectivity index (χ1v) is 7.68. The van der Waals surface area contributed by atoms with E-state index in [1.54, 1.807) is 0 Å². The van der Waals surface area contributed by atoms with Crippen molar-refractivity contribution in [3.05, 3.63) is 0 Å². The van der Waals surface area contributed by atoms with Gasteiger partial charge in [-0.3, -0.25) is 0 Å². The lowest BCUT2D eigenvalue weighted by molar-refractivity contribution is 0.00154.